The zero-order valence-electron chi connectivity index (χ0n) is 11.0. The monoisotopic (exact) mass is 296 g/mol. The van der Waals surface area contributed by atoms with Crippen LogP contribution in [-0.4, -0.2) is 30.1 Å². The summed E-state index contributed by atoms with van der Waals surface area (Å²) in [6, 6.07) is 4.27. The van der Waals surface area contributed by atoms with Crippen LogP contribution in [0.4, 0.5) is 5.69 Å². The Morgan fingerprint density at radius 2 is 2.25 bits per heavy atom. The number of aromatic carboxylic acids is 1. The molecule has 1 aromatic carbocycles. The lowest BCUT2D eigenvalue weighted by Crippen LogP contribution is -2.32. The lowest BCUT2D eigenvalue weighted by Gasteiger charge is -2.22. The largest absolute Gasteiger partial charge is 0.478 e. The predicted molar refractivity (Wildman–Crippen MR) is 77.3 cm³/mol. The van der Waals surface area contributed by atoms with Crippen molar-refractivity contribution in [2.45, 2.75) is 19.3 Å². The van der Waals surface area contributed by atoms with E-state index in [9.17, 15) is 9.59 Å². The van der Waals surface area contributed by atoms with E-state index in [1.807, 2.05) is 0 Å². The van der Waals surface area contributed by atoms with Crippen LogP contribution < -0.4 is 10.6 Å². The lowest BCUT2D eigenvalue weighted by atomic mass is 9.96. The summed E-state index contributed by atoms with van der Waals surface area (Å²) in [7, 11) is 0. The third-order valence-electron chi connectivity index (χ3n) is 3.36. The molecule has 0 aliphatic carbocycles. The van der Waals surface area contributed by atoms with Crippen molar-refractivity contribution in [1.82, 2.24) is 5.32 Å². The minimum absolute atomic E-state index is 0.0938. The highest BCUT2D eigenvalue weighted by molar-refractivity contribution is 6.34. The van der Waals surface area contributed by atoms with Gasteiger partial charge in [0.1, 0.15) is 0 Å². The number of piperidine rings is 1. The van der Waals surface area contributed by atoms with Crippen molar-refractivity contribution in [1.29, 1.82) is 0 Å². The van der Waals surface area contributed by atoms with Gasteiger partial charge in [-0.05, 0) is 50.0 Å². The molecule has 1 aromatic rings. The molecule has 1 heterocycles. The second kappa shape index (κ2) is 6.72. The molecule has 1 amide bonds. The molecule has 3 N–H and O–H groups in total. The van der Waals surface area contributed by atoms with E-state index in [1.165, 1.54) is 18.2 Å². The average Bonchev–Trinajstić information content (AvgIpc) is 2.42. The Morgan fingerprint density at radius 1 is 1.45 bits per heavy atom. The van der Waals surface area contributed by atoms with E-state index in [2.05, 4.69) is 10.6 Å². The first-order valence-corrected chi connectivity index (χ1v) is 6.97. The van der Waals surface area contributed by atoms with E-state index in [0.717, 1.165) is 25.9 Å². The third-order valence-corrected chi connectivity index (χ3v) is 3.68. The Morgan fingerprint density at radius 3 is 2.85 bits per heavy atom. The van der Waals surface area contributed by atoms with Gasteiger partial charge in [0.2, 0.25) is 5.91 Å². The van der Waals surface area contributed by atoms with Crippen molar-refractivity contribution in [3.63, 3.8) is 0 Å². The highest BCUT2D eigenvalue weighted by Crippen LogP contribution is 2.24. The molecule has 0 spiro atoms. The molecule has 0 bridgehead atoms. The smallest absolute Gasteiger partial charge is 0.335 e. The highest BCUT2D eigenvalue weighted by atomic mass is 35.5. The van der Waals surface area contributed by atoms with Gasteiger partial charge >= 0.3 is 5.97 Å². The van der Waals surface area contributed by atoms with E-state index in [-0.39, 0.29) is 16.5 Å². The van der Waals surface area contributed by atoms with Crippen LogP contribution in [0.2, 0.25) is 5.02 Å². The van der Waals surface area contributed by atoms with Crippen molar-refractivity contribution in [2.24, 2.45) is 5.92 Å². The van der Waals surface area contributed by atoms with Crippen LogP contribution in [0.3, 0.4) is 0 Å². The number of carboxylic acids is 1. The first-order chi connectivity index (χ1) is 9.56. The summed E-state index contributed by atoms with van der Waals surface area (Å²) in [5, 5.41) is 15.1. The zero-order valence-corrected chi connectivity index (χ0v) is 11.7. The summed E-state index contributed by atoms with van der Waals surface area (Å²) in [5.74, 6) is -0.789. The van der Waals surface area contributed by atoms with Gasteiger partial charge in [0.15, 0.2) is 0 Å². The number of hydrogen-bond donors (Lipinski definition) is 3. The second-order valence-corrected chi connectivity index (χ2v) is 5.37. The van der Waals surface area contributed by atoms with Gasteiger partial charge in [-0.15, -0.1) is 0 Å². The quantitative estimate of drug-likeness (QED) is 0.797. The number of benzene rings is 1. The average molecular weight is 297 g/mol. The number of carbonyl (C=O) groups is 2. The van der Waals surface area contributed by atoms with Crippen molar-refractivity contribution in [2.75, 3.05) is 18.4 Å². The summed E-state index contributed by atoms with van der Waals surface area (Å²) in [5.41, 5.74) is 0.551. The first-order valence-electron chi connectivity index (χ1n) is 6.59. The van der Waals surface area contributed by atoms with Crippen LogP contribution in [0.1, 0.15) is 29.6 Å². The number of halogens is 1. The van der Waals surface area contributed by atoms with Gasteiger partial charge < -0.3 is 15.7 Å². The van der Waals surface area contributed by atoms with Crippen LogP contribution >= 0.6 is 11.6 Å². The maximum atomic E-state index is 11.9. The fourth-order valence-electron chi connectivity index (χ4n) is 2.31. The maximum absolute atomic E-state index is 11.9. The van der Waals surface area contributed by atoms with Gasteiger partial charge in [-0.3, -0.25) is 4.79 Å². The standard InChI is InChI=1S/C14H17ClN2O3/c15-11-7-10(14(19)20)3-4-12(11)17-13(18)6-9-2-1-5-16-8-9/h3-4,7,9,16H,1-2,5-6,8H2,(H,17,18)(H,19,20). The molecule has 1 atom stereocenters. The van der Waals surface area contributed by atoms with Crippen molar-refractivity contribution in [3.05, 3.63) is 28.8 Å². The zero-order chi connectivity index (χ0) is 14.5. The topological polar surface area (TPSA) is 78.4 Å². The molecular weight excluding hydrogens is 280 g/mol. The van der Waals surface area contributed by atoms with E-state index < -0.39 is 5.97 Å². The van der Waals surface area contributed by atoms with E-state index in [4.69, 9.17) is 16.7 Å². The lowest BCUT2D eigenvalue weighted by molar-refractivity contribution is -0.117. The fraction of sp³-hybridized carbons (Fsp3) is 0.429. The SMILES string of the molecule is O=C(CC1CCCNC1)Nc1ccc(C(=O)O)cc1Cl. The van der Waals surface area contributed by atoms with E-state index >= 15 is 0 Å². The number of nitrogens with one attached hydrogen (secondary N) is 2. The minimum atomic E-state index is -1.04. The number of amides is 1. The van der Waals surface area contributed by atoms with Gasteiger partial charge in [-0.25, -0.2) is 4.79 Å². The number of rotatable bonds is 4. The van der Waals surface area contributed by atoms with Crippen LogP contribution in [0.15, 0.2) is 18.2 Å². The molecule has 0 saturated carbocycles. The predicted octanol–water partition coefficient (Wildman–Crippen LogP) is 2.37. The maximum Gasteiger partial charge on any atom is 0.335 e. The highest BCUT2D eigenvalue weighted by Gasteiger charge is 2.17. The number of carboxylic acid groups (broad SMARTS) is 1. The summed E-state index contributed by atoms with van der Waals surface area (Å²) in [6.07, 6.45) is 2.59. The number of hydrogen-bond acceptors (Lipinski definition) is 3. The summed E-state index contributed by atoms with van der Waals surface area (Å²) < 4.78 is 0. The molecule has 1 aliphatic rings. The Bertz CT molecular complexity index is 513. The van der Waals surface area contributed by atoms with Crippen LogP contribution in [-0.2, 0) is 4.79 Å². The molecule has 20 heavy (non-hydrogen) atoms. The van der Waals surface area contributed by atoms with Crippen LogP contribution in [0.25, 0.3) is 0 Å². The van der Waals surface area contributed by atoms with Gasteiger partial charge in [0, 0.05) is 6.42 Å². The fourth-order valence-corrected chi connectivity index (χ4v) is 2.54. The second-order valence-electron chi connectivity index (χ2n) is 4.96. The molecule has 0 radical (unpaired) electrons. The molecule has 2 rings (SSSR count). The summed E-state index contributed by atoms with van der Waals surface area (Å²) >= 11 is 5.97. The summed E-state index contributed by atoms with van der Waals surface area (Å²) in [6.45, 7) is 1.87. The Balaban J connectivity index is 1.95. The Hall–Kier alpha value is -1.59. The van der Waals surface area contributed by atoms with Gasteiger partial charge in [0.25, 0.3) is 0 Å². The van der Waals surface area contributed by atoms with Crippen molar-refractivity contribution < 1.29 is 14.7 Å². The molecule has 5 nitrogen and oxygen atoms in total. The van der Waals surface area contributed by atoms with Crippen LogP contribution in [0, 0.1) is 5.92 Å². The molecule has 1 unspecified atom stereocenters. The van der Waals surface area contributed by atoms with Crippen molar-refractivity contribution >= 4 is 29.2 Å². The van der Waals surface area contributed by atoms with E-state index in [1.54, 1.807) is 0 Å². The van der Waals surface area contributed by atoms with Gasteiger partial charge in [-0.2, -0.15) is 0 Å². The van der Waals surface area contributed by atoms with Crippen molar-refractivity contribution in [3.8, 4) is 0 Å². The molecule has 108 valence electrons. The number of anilines is 1. The number of carbonyl (C=O) groups excluding carboxylic acids is 1. The molecule has 0 aromatic heterocycles. The summed E-state index contributed by atoms with van der Waals surface area (Å²) in [4.78, 5) is 22.7. The van der Waals surface area contributed by atoms with Crippen LogP contribution in [0.5, 0.6) is 0 Å². The molecule has 1 aliphatic heterocycles. The Labute approximate surface area is 122 Å². The normalized spacial score (nSPS) is 18.6. The minimum Gasteiger partial charge on any atom is -0.478 e. The Kier molecular flexibility index (Phi) is 4.98. The first kappa shape index (κ1) is 14.8. The third kappa shape index (κ3) is 3.95. The molecular formula is C14H17ClN2O3. The van der Waals surface area contributed by atoms with Gasteiger partial charge in [0.05, 0.1) is 16.3 Å². The molecule has 1 fully saturated rings. The molecule has 6 heteroatoms. The van der Waals surface area contributed by atoms with Gasteiger partial charge in [-0.1, -0.05) is 11.6 Å². The molecule has 1 saturated heterocycles. The van der Waals surface area contributed by atoms with E-state index in [0.29, 0.717) is 18.0 Å².